The van der Waals surface area contributed by atoms with Crippen molar-refractivity contribution in [2.24, 2.45) is 0 Å². The van der Waals surface area contributed by atoms with Gasteiger partial charge in [-0.3, -0.25) is 0 Å². The van der Waals surface area contributed by atoms with E-state index in [0.29, 0.717) is 0 Å². The van der Waals surface area contributed by atoms with Crippen molar-refractivity contribution < 1.29 is 0 Å². The molecule has 0 spiro atoms. The first-order valence-corrected chi connectivity index (χ1v) is 17.4. The number of nitrogens with zero attached hydrogens (tertiary/aromatic N) is 2. The summed E-state index contributed by atoms with van der Waals surface area (Å²) in [5.74, 6) is 0. The van der Waals surface area contributed by atoms with Crippen LogP contribution in [0.15, 0.2) is 194 Å². The summed E-state index contributed by atoms with van der Waals surface area (Å²) in [5.41, 5.74) is 14.3. The van der Waals surface area contributed by atoms with Crippen LogP contribution in [0, 0.1) is 0 Å². The predicted octanol–water partition coefficient (Wildman–Crippen LogP) is 13.3. The highest BCUT2D eigenvalue weighted by Gasteiger charge is 2.18. The molecule has 0 saturated carbocycles. The third kappa shape index (κ3) is 5.51. The minimum atomic E-state index is 1.10. The van der Waals surface area contributed by atoms with E-state index in [1.54, 1.807) is 0 Å². The number of fused-ring (bicyclic) bond motifs is 3. The molecular formula is C48H36N2. The monoisotopic (exact) mass is 640 g/mol. The van der Waals surface area contributed by atoms with Crippen LogP contribution in [-0.4, -0.2) is 4.57 Å². The second kappa shape index (κ2) is 12.9. The van der Waals surface area contributed by atoms with Gasteiger partial charge >= 0.3 is 0 Å². The quantitative estimate of drug-likeness (QED) is 0.168. The summed E-state index contributed by atoms with van der Waals surface area (Å²) < 4.78 is 2.41. The summed E-state index contributed by atoms with van der Waals surface area (Å²) in [4.78, 5) is 2.36. The van der Waals surface area contributed by atoms with Gasteiger partial charge in [0.2, 0.25) is 0 Å². The summed E-state index contributed by atoms with van der Waals surface area (Å²) >= 11 is 0. The molecule has 1 aromatic heterocycles. The Kier molecular flexibility index (Phi) is 7.68. The minimum Gasteiger partial charge on any atom is -0.310 e. The summed E-state index contributed by atoms with van der Waals surface area (Å²) in [6.07, 6.45) is 9.07. The van der Waals surface area contributed by atoms with Crippen molar-refractivity contribution in [2.45, 2.75) is 12.8 Å². The Morgan fingerprint density at radius 3 is 1.62 bits per heavy atom. The van der Waals surface area contributed by atoms with Crippen molar-refractivity contribution in [3.63, 3.8) is 0 Å². The molecule has 0 unspecified atom stereocenters. The Labute approximate surface area is 293 Å². The van der Waals surface area contributed by atoms with Gasteiger partial charge in [0.15, 0.2) is 0 Å². The number of anilines is 3. The molecule has 2 nitrogen and oxygen atoms in total. The SMILES string of the molecule is C1=CC(c2ccc(N(c3ccccc3)c3ccc4c5ccccc5n(-c5ccc(-c6ccc(-c7ccccc7)cc6)cc5)c4c3)cc2)=CCC1. The fourth-order valence-electron chi connectivity index (χ4n) is 7.32. The Balaban J connectivity index is 1.12. The normalized spacial score (nSPS) is 12.7. The molecule has 9 rings (SSSR count). The van der Waals surface area contributed by atoms with E-state index in [-0.39, 0.29) is 0 Å². The fraction of sp³-hybridized carbons (Fsp3) is 0.0417. The number of benzene rings is 7. The molecule has 0 amide bonds. The van der Waals surface area contributed by atoms with Crippen molar-refractivity contribution >= 4 is 44.4 Å². The molecule has 0 saturated heterocycles. The van der Waals surface area contributed by atoms with Gasteiger partial charge in [-0.2, -0.15) is 0 Å². The first-order valence-electron chi connectivity index (χ1n) is 17.4. The van der Waals surface area contributed by atoms with Gasteiger partial charge in [-0.05, 0) is 101 Å². The highest BCUT2D eigenvalue weighted by Crippen LogP contribution is 2.40. The Morgan fingerprint density at radius 2 is 0.940 bits per heavy atom. The van der Waals surface area contributed by atoms with Gasteiger partial charge in [0, 0.05) is 33.5 Å². The molecule has 0 bridgehead atoms. The van der Waals surface area contributed by atoms with Gasteiger partial charge < -0.3 is 9.47 Å². The Bertz CT molecular complexity index is 2480. The smallest absolute Gasteiger partial charge is 0.0561 e. The molecule has 0 aliphatic heterocycles. The molecule has 8 aromatic rings. The van der Waals surface area contributed by atoms with Crippen LogP contribution in [0.4, 0.5) is 17.1 Å². The second-order valence-electron chi connectivity index (χ2n) is 12.9. The highest BCUT2D eigenvalue weighted by molar-refractivity contribution is 6.10. The molecule has 0 N–H and O–H groups in total. The topological polar surface area (TPSA) is 8.17 Å². The molecule has 0 atom stereocenters. The molecule has 7 aromatic carbocycles. The van der Waals surface area contributed by atoms with E-state index in [0.717, 1.165) is 35.6 Å². The lowest BCUT2D eigenvalue weighted by Gasteiger charge is -2.26. The molecule has 238 valence electrons. The van der Waals surface area contributed by atoms with Crippen LogP contribution in [0.5, 0.6) is 0 Å². The van der Waals surface area contributed by atoms with Crippen LogP contribution in [0.1, 0.15) is 18.4 Å². The number of para-hydroxylation sites is 2. The molecule has 1 aliphatic carbocycles. The van der Waals surface area contributed by atoms with E-state index in [4.69, 9.17) is 0 Å². The van der Waals surface area contributed by atoms with E-state index in [2.05, 4.69) is 204 Å². The van der Waals surface area contributed by atoms with Crippen molar-refractivity contribution in [1.29, 1.82) is 0 Å². The lowest BCUT2D eigenvalue weighted by atomic mass is 9.99. The zero-order valence-electron chi connectivity index (χ0n) is 27.8. The van der Waals surface area contributed by atoms with Crippen LogP contribution in [0.3, 0.4) is 0 Å². The molecular weight excluding hydrogens is 605 g/mol. The molecule has 2 heteroatoms. The number of aromatic nitrogens is 1. The summed E-state index contributed by atoms with van der Waals surface area (Å²) in [6.45, 7) is 0. The van der Waals surface area contributed by atoms with E-state index < -0.39 is 0 Å². The first-order chi connectivity index (χ1) is 24.8. The van der Waals surface area contributed by atoms with E-state index >= 15 is 0 Å². The zero-order valence-corrected chi connectivity index (χ0v) is 27.8. The maximum atomic E-state index is 2.41. The molecule has 1 aliphatic rings. The predicted molar refractivity (Wildman–Crippen MR) is 213 cm³/mol. The number of hydrogen-bond donors (Lipinski definition) is 0. The van der Waals surface area contributed by atoms with Crippen LogP contribution in [0.2, 0.25) is 0 Å². The lowest BCUT2D eigenvalue weighted by Crippen LogP contribution is -2.10. The number of rotatable bonds is 7. The first kappa shape index (κ1) is 29.7. The Hall–Kier alpha value is -6.38. The van der Waals surface area contributed by atoms with Crippen LogP contribution >= 0.6 is 0 Å². The maximum absolute atomic E-state index is 2.41. The molecule has 50 heavy (non-hydrogen) atoms. The van der Waals surface area contributed by atoms with Crippen LogP contribution in [-0.2, 0) is 0 Å². The van der Waals surface area contributed by atoms with Crippen LogP contribution < -0.4 is 4.90 Å². The fourth-order valence-corrected chi connectivity index (χ4v) is 7.32. The standard InChI is InChI=1S/C48H36N2/c1-4-12-35(13-5-1)37-20-22-38(23-21-37)40-26-30-43(31-27-40)50-47-19-11-10-18-45(47)46-33-32-44(34-48(46)50)49(41-16-8-3-9-17-41)42-28-24-39(25-29-42)36-14-6-2-7-15-36/h1,3-6,8-34H,2,7H2. The number of allylic oxidation sites excluding steroid dienone is 4. The average Bonchev–Trinajstić information content (AvgIpc) is 3.53. The second-order valence-corrected chi connectivity index (χ2v) is 12.9. The molecule has 1 heterocycles. The Morgan fingerprint density at radius 1 is 0.400 bits per heavy atom. The minimum absolute atomic E-state index is 1.10. The van der Waals surface area contributed by atoms with Crippen molar-refractivity contribution in [3.05, 3.63) is 200 Å². The van der Waals surface area contributed by atoms with Gasteiger partial charge in [-0.15, -0.1) is 0 Å². The van der Waals surface area contributed by atoms with Crippen LogP contribution in [0.25, 0.3) is 55.3 Å². The number of hydrogen-bond acceptors (Lipinski definition) is 1. The van der Waals surface area contributed by atoms with Crippen molar-refractivity contribution in [1.82, 2.24) is 4.57 Å². The third-order valence-electron chi connectivity index (χ3n) is 9.83. The van der Waals surface area contributed by atoms with Gasteiger partial charge in [-0.25, -0.2) is 0 Å². The van der Waals surface area contributed by atoms with E-state index in [1.807, 2.05) is 0 Å². The summed E-state index contributed by atoms with van der Waals surface area (Å²) in [5, 5.41) is 2.49. The van der Waals surface area contributed by atoms with Gasteiger partial charge in [0.05, 0.1) is 11.0 Å². The van der Waals surface area contributed by atoms with Gasteiger partial charge in [0.1, 0.15) is 0 Å². The van der Waals surface area contributed by atoms with E-state index in [1.165, 1.54) is 55.2 Å². The average molecular weight is 641 g/mol. The van der Waals surface area contributed by atoms with Gasteiger partial charge in [-0.1, -0.05) is 140 Å². The van der Waals surface area contributed by atoms with Crippen molar-refractivity contribution in [3.8, 4) is 27.9 Å². The van der Waals surface area contributed by atoms with Gasteiger partial charge in [0.25, 0.3) is 0 Å². The van der Waals surface area contributed by atoms with E-state index in [9.17, 15) is 0 Å². The third-order valence-corrected chi connectivity index (χ3v) is 9.83. The van der Waals surface area contributed by atoms with Crippen molar-refractivity contribution in [2.75, 3.05) is 4.90 Å². The summed E-state index contributed by atoms with van der Waals surface area (Å²) in [7, 11) is 0. The highest BCUT2D eigenvalue weighted by atomic mass is 15.1. The lowest BCUT2D eigenvalue weighted by molar-refractivity contribution is 1.04. The summed E-state index contributed by atoms with van der Waals surface area (Å²) in [6, 6.07) is 63.7. The molecule has 0 fully saturated rings. The maximum Gasteiger partial charge on any atom is 0.0561 e. The zero-order chi connectivity index (χ0) is 33.3. The largest absolute Gasteiger partial charge is 0.310 e. The molecule has 0 radical (unpaired) electrons.